The molecular weight excluding hydrogens is 492 g/mol. The predicted molar refractivity (Wildman–Crippen MR) is 145 cm³/mol. The van der Waals surface area contributed by atoms with Gasteiger partial charge in [0.1, 0.15) is 0 Å². The van der Waals surface area contributed by atoms with Crippen LogP contribution in [0.5, 0.6) is 11.5 Å². The number of phenolic OH excluding ortho intramolecular Hbond substituents is 2. The van der Waals surface area contributed by atoms with Gasteiger partial charge in [-0.3, -0.25) is 0 Å². The summed E-state index contributed by atoms with van der Waals surface area (Å²) < 4.78 is 54.0. The molecule has 3 aromatic rings. The molecule has 0 bridgehead atoms. The third-order valence-corrected chi connectivity index (χ3v) is 7.07. The van der Waals surface area contributed by atoms with Gasteiger partial charge >= 0.3 is 0 Å². The minimum atomic E-state index is -1.21. The molecule has 0 heterocycles. The number of hydrogen-bond acceptors (Lipinski definition) is 2. The molecule has 6 heteroatoms. The lowest BCUT2D eigenvalue weighted by molar-refractivity contribution is 0.404. The van der Waals surface area contributed by atoms with E-state index in [0.29, 0.717) is 17.0 Å². The number of rotatable bonds is 8. The second kappa shape index (κ2) is 14.0. The predicted octanol–water partition coefficient (Wildman–Crippen LogP) is 9.86. The lowest BCUT2D eigenvalue weighted by Gasteiger charge is -2.22. The summed E-state index contributed by atoms with van der Waals surface area (Å²) in [7, 11) is 0. The molecule has 0 fully saturated rings. The van der Waals surface area contributed by atoms with Gasteiger partial charge in [0.25, 0.3) is 0 Å². The summed E-state index contributed by atoms with van der Waals surface area (Å²) in [5, 5.41) is 18.2. The Morgan fingerprint density at radius 1 is 0.711 bits per heavy atom. The highest BCUT2D eigenvalue weighted by molar-refractivity contribution is 5.67. The van der Waals surface area contributed by atoms with Gasteiger partial charge in [-0.15, -0.1) is 0 Å². The Balaban J connectivity index is 0.000000221. The maximum Gasteiger partial charge on any atom is 0.200 e. The zero-order valence-electron chi connectivity index (χ0n) is 22.0. The van der Waals surface area contributed by atoms with Crippen LogP contribution in [0.15, 0.2) is 54.6 Å². The van der Waals surface area contributed by atoms with Gasteiger partial charge < -0.3 is 10.2 Å². The van der Waals surface area contributed by atoms with Gasteiger partial charge in [0.2, 0.25) is 11.6 Å². The Morgan fingerprint density at radius 2 is 1.29 bits per heavy atom. The second-order valence-corrected chi connectivity index (χ2v) is 9.96. The summed E-state index contributed by atoms with van der Waals surface area (Å²) in [6, 6.07) is 12.3. The van der Waals surface area contributed by atoms with E-state index < -0.39 is 34.8 Å². The Hall–Kier alpha value is -3.28. The first-order valence-electron chi connectivity index (χ1n) is 13.3. The number of benzene rings is 3. The van der Waals surface area contributed by atoms with Crippen LogP contribution in [0.4, 0.5) is 17.6 Å². The van der Waals surface area contributed by atoms with Crippen LogP contribution in [0.1, 0.15) is 75.8 Å². The first-order chi connectivity index (χ1) is 18.2. The average Bonchev–Trinajstić information content (AvgIpc) is 2.92. The van der Waals surface area contributed by atoms with Crippen molar-refractivity contribution in [1.82, 2.24) is 0 Å². The third kappa shape index (κ3) is 7.62. The monoisotopic (exact) mass is 528 g/mol. The van der Waals surface area contributed by atoms with Crippen molar-refractivity contribution in [3.05, 3.63) is 89.0 Å². The number of phenols is 2. The molecule has 1 atom stereocenters. The fourth-order valence-corrected chi connectivity index (χ4v) is 4.71. The highest BCUT2D eigenvalue weighted by atomic mass is 19.2. The Bertz CT molecular complexity index is 1240. The van der Waals surface area contributed by atoms with E-state index in [0.717, 1.165) is 36.5 Å². The lowest BCUT2D eigenvalue weighted by Crippen LogP contribution is -2.07. The van der Waals surface area contributed by atoms with Crippen molar-refractivity contribution in [3.63, 3.8) is 0 Å². The molecule has 0 radical (unpaired) electrons. The van der Waals surface area contributed by atoms with Crippen LogP contribution in [0.2, 0.25) is 0 Å². The molecule has 0 amide bonds. The summed E-state index contributed by atoms with van der Waals surface area (Å²) in [5.41, 5.74) is 2.95. The van der Waals surface area contributed by atoms with Gasteiger partial charge in [0.05, 0.1) is 0 Å². The van der Waals surface area contributed by atoms with Crippen molar-refractivity contribution in [1.29, 1.82) is 0 Å². The summed E-state index contributed by atoms with van der Waals surface area (Å²) in [5.74, 6) is -4.92. The molecule has 0 aromatic heterocycles. The van der Waals surface area contributed by atoms with Crippen LogP contribution in [-0.4, -0.2) is 10.2 Å². The molecule has 0 saturated heterocycles. The average molecular weight is 529 g/mol. The summed E-state index contributed by atoms with van der Waals surface area (Å²) in [6.07, 6.45) is 12.6. The van der Waals surface area contributed by atoms with Crippen molar-refractivity contribution in [2.75, 3.05) is 0 Å². The second-order valence-electron chi connectivity index (χ2n) is 9.96. The number of aromatic hydroxyl groups is 2. The summed E-state index contributed by atoms with van der Waals surface area (Å²) in [6.45, 7) is 4.14. The van der Waals surface area contributed by atoms with E-state index in [1.165, 1.54) is 56.7 Å². The molecule has 1 aliphatic rings. The van der Waals surface area contributed by atoms with Crippen LogP contribution in [0.3, 0.4) is 0 Å². The van der Waals surface area contributed by atoms with Crippen molar-refractivity contribution in [3.8, 4) is 22.6 Å². The number of hydrogen-bond donors (Lipinski definition) is 2. The number of halogens is 4. The van der Waals surface area contributed by atoms with E-state index >= 15 is 0 Å². The first-order valence-corrected chi connectivity index (χ1v) is 13.3. The molecule has 3 aromatic carbocycles. The van der Waals surface area contributed by atoms with E-state index in [2.05, 4.69) is 13.0 Å². The zero-order chi connectivity index (χ0) is 27.7. The van der Waals surface area contributed by atoms with Crippen molar-refractivity contribution in [2.45, 2.75) is 71.6 Å². The first kappa shape index (κ1) is 29.3. The Kier molecular flexibility index (Phi) is 10.8. The van der Waals surface area contributed by atoms with Gasteiger partial charge in [-0.2, -0.15) is 8.78 Å². The number of aryl methyl sites for hydroxylation is 1. The van der Waals surface area contributed by atoms with Crippen molar-refractivity contribution in [2.24, 2.45) is 5.92 Å². The molecule has 0 saturated carbocycles. The molecular formula is C32H36F4O2. The van der Waals surface area contributed by atoms with E-state index in [-0.39, 0.29) is 5.56 Å². The van der Waals surface area contributed by atoms with Gasteiger partial charge in [-0.05, 0) is 67.5 Å². The molecule has 0 aliphatic heterocycles. The van der Waals surface area contributed by atoms with Crippen LogP contribution >= 0.6 is 0 Å². The molecule has 4 rings (SSSR count). The largest absolute Gasteiger partial charge is 0.505 e. The molecule has 1 aliphatic carbocycles. The van der Waals surface area contributed by atoms with Gasteiger partial charge in [-0.25, -0.2) is 8.78 Å². The third-order valence-electron chi connectivity index (χ3n) is 7.07. The fraction of sp³-hybridized carbons (Fsp3) is 0.375. The quantitative estimate of drug-likeness (QED) is 0.226. The normalized spacial score (nSPS) is 15.0. The van der Waals surface area contributed by atoms with Crippen LogP contribution < -0.4 is 0 Å². The molecule has 204 valence electrons. The van der Waals surface area contributed by atoms with Crippen LogP contribution in [-0.2, 0) is 0 Å². The van der Waals surface area contributed by atoms with E-state index in [9.17, 15) is 22.7 Å². The van der Waals surface area contributed by atoms with Gasteiger partial charge in [0.15, 0.2) is 23.1 Å². The Morgan fingerprint density at radius 3 is 1.87 bits per heavy atom. The smallest absolute Gasteiger partial charge is 0.200 e. The number of allylic oxidation sites excluding steroid dienone is 2. The molecule has 2 N–H and O–H groups in total. The van der Waals surface area contributed by atoms with Crippen LogP contribution in [0, 0.1) is 36.1 Å². The molecule has 0 spiro atoms. The number of unbranched alkanes of at least 4 members (excludes halogenated alkanes) is 4. The van der Waals surface area contributed by atoms with Crippen molar-refractivity contribution < 1.29 is 27.8 Å². The summed E-state index contributed by atoms with van der Waals surface area (Å²) in [4.78, 5) is 0. The van der Waals surface area contributed by atoms with Crippen LogP contribution in [0.25, 0.3) is 16.7 Å². The molecule has 2 nitrogen and oxygen atoms in total. The Labute approximate surface area is 222 Å². The molecule has 38 heavy (non-hydrogen) atoms. The topological polar surface area (TPSA) is 40.5 Å². The fourth-order valence-electron chi connectivity index (χ4n) is 4.71. The van der Waals surface area contributed by atoms with Crippen molar-refractivity contribution >= 4 is 5.57 Å². The molecule has 1 unspecified atom stereocenters. The standard InChI is InChI=1S/C19H26F2O.C13H10F2O/c1-2-3-4-5-6-7-14-8-10-15(11-9-14)16-12-13-17(22)19(21)18(16)20;1-8-2-4-9(5-3-8)10-6-7-11(16)13(15)12(10)14/h10,12-14,22H,2-9,11H2,1H3;2-7,16H,1H3. The highest BCUT2D eigenvalue weighted by Crippen LogP contribution is 2.35. The van der Waals surface area contributed by atoms with E-state index in [4.69, 9.17) is 5.11 Å². The minimum absolute atomic E-state index is 0.148. The van der Waals surface area contributed by atoms with E-state index in [1.807, 2.05) is 19.1 Å². The van der Waals surface area contributed by atoms with Gasteiger partial charge in [-0.1, -0.05) is 81.4 Å². The lowest BCUT2D eigenvalue weighted by atomic mass is 9.83. The highest BCUT2D eigenvalue weighted by Gasteiger charge is 2.20. The maximum atomic E-state index is 13.9. The van der Waals surface area contributed by atoms with E-state index in [1.54, 1.807) is 12.1 Å². The summed E-state index contributed by atoms with van der Waals surface area (Å²) >= 11 is 0. The maximum absolute atomic E-state index is 13.9. The zero-order valence-corrected chi connectivity index (χ0v) is 22.0. The van der Waals surface area contributed by atoms with Gasteiger partial charge in [0, 0.05) is 11.1 Å². The minimum Gasteiger partial charge on any atom is -0.505 e. The SMILES string of the molecule is CCCCCCCC1CC=C(c2ccc(O)c(F)c2F)CC1.Cc1ccc(-c2ccc(O)c(F)c2F)cc1.